The molecule has 5 nitrogen and oxygen atoms in total. The van der Waals surface area contributed by atoms with E-state index in [1.54, 1.807) is 25.1 Å². The Labute approximate surface area is 160 Å². The molecule has 0 amide bonds. The fourth-order valence-corrected chi connectivity index (χ4v) is 4.68. The quantitative estimate of drug-likeness (QED) is 0.684. The predicted octanol–water partition coefficient (Wildman–Crippen LogP) is 3.58. The van der Waals surface area contributed by atoms with Crippen LogP contribution in [0.2, 0.25) is 0 Å². The minimum absolute atomic E-state index is 0.137. The number of para-hydroxylation sites is 2. The molecule has 0 unspecified atom stereocenters. The van der Waals surface area contributed by atoms with Crippen LogP contribution in [0.3, 0.4) is 0 Å². The molecule has 1 aliphatic heterocycles. The molecule has 140 valence electrons. The topological polar surface area (TPSA) is 55.8 Å². The lowest BCUT2D eigenvalue weighted by atomic mass is 10.2. The lowest BCUT2D eigenvalue weighted by Gasteiger charge is -2.30. The van der Waals surface area contributed by atoms with Gasteiger partial charge in [-0.1, -0.05) is 41.1 Å². The minimum Gasteiger partial charge on any atom is -0.486 e. The standard InChI is InChI=1S/C18H19BrFNO4S/c1-2-21(10-15-11-24-17-5-3-4-6-18(17)25-15)26(22,23)12-13-7-8-14(19)9-16(13)20/h3-9,15H,2,10-12H2,1H3/t15-/m1/s1. The van der Waals surface area contributed by atoms with Crippen molar-refractivity contribution in [1.29, 1.82) is 0 Å². The first-order chi connectivity index (χ1) is 12.4. The molecular formula is C18H19BrFNO4S. The molecular weight excluding hydrogens is 425 g/mol. The van der Waals surface area contributed by atoms with Gasteiger partial charge in [-0.3, -0.25) is 0 Å². The summed E-state index contributed by atoms with van der Waals surface area (Å²) in [4.78, 5) is 0. The monoisotopic (exact) mass is 443 g/mol. The molecule has 0 fully saturated rings. The summed E-state index contributed by atoms with van der Waals surface area (Å²) >= 11 is 3.17. The average Bonchev–Trinajstić information content (AvgIpc) is 2.61. The molecule has 2 aromatic rings. The summed E-state index contributed by atoms with van der Waals surface area (Å²) in [5.74, 6) is 0.289. The van der Waals surface area contributed by atoms with Crippen molar-refractivity contribution in [3.8, 4) is 11.5 Å². The van der Waals surface area contributed by atoms with Gasteiger partial charge in [-0.25, -0.2) is 12.8 Å². The summed E-state index contributed by atoms with van der Waals surface area (Å²) < 4.78 is 52.8. The van der Waals surface area contributed by atoms with E-state index in [0.29, 0.717) is 16.0 Å². The van der Waals surface area contributed by atoms with E-state index in [-0.39, 0.29) is 25.3 Å². The Bertz CT molecular complexity index is 891. The van der Waals surface area contributed by atoms with Crippen LogP contribution in [0, 0.1) is 5.82 Å². The Balaban J connectivity index is 1.71. The normalized spacial score (nSPS) is 16.7. The Morgan fingerprint density at radius 3 is 2.65 bits per heavy atom. The van der Waals surface area contributed by atoms with Crippen LogP contribution in [0.4, 0.5) is 4.39 Å². The zero-order chi connectivity index (χ0) is 18.7. The van der Waals surface area contributed by atoms with Crippen molar-refractivity contribution in [1.82, 2.24) is 4.31 Å². The van der Waals surface area contributed by atoms with Crippen molar-refractivity contribution in [2.24, 2.45) is 0 Å². The first-order valence-corrected chi connectivity index (χ1v) is 10.6. The van der Waals surface area contributed by atoms with E-state index >= 15 is 0 Å². The zero-order valence-electron chi connectivity index (χ0n) is 14.2. The molecule has 1 atom stereocenters. The van der Waals surface area contributed by atoms with Gasteiger partial charge in [0.1, 0.15) is 18.5 Å². The molecule has 1 aliphatic rings. The third-order valence-electron chi connectivity index (χ3n) is 4.07. The maximum absolute atomic E-state index is 14.0. The smallest absolute Gasteiger partial charge is 0.218 e. The number of benzene rings is 2. The Morgan fingerprint density at radius 1 is 1.23 bits per heavy atom. The largest absolute Gasteiger partial charge is 0.486 e. The second kappa shape index (κ2) is 7.94. The van der Waals surface area contributed by atoms with Crippen LogP contribution in [0.25, 0.3) is 0 Å². The highest BCUT2D eigenvalue weighted by atomic mass is 79.9. The second-order valence-corrected chi connectivity index (χ2v) is 8.82. The van der Waals surface area contributed by atoms with Crippen molar-refractivity contribution in [3.63, 3.8) is 0 Å². The Kier molecular flexibility index (Phi) is 5.84. The second-order valence-electron chi connectivity index (χ2n) is 5.94. The van der Waals surface area contributed by atoms with Crippen molar-refractivity contribution in [2.45, 2.75) is 18.8 Å². The number of sulfonamides is 1. The fraction of sp³-hybridized carbons (Fsp3) is 0.333. The lowest BCUT2D eigenvalue weighted by Crippen LogP contribution is -2.44. The van der Waals surface area contributed by atoms with E-state index in [1.807, 2.05) is 12.1 Å². The number of ether oxygens (including phenoxy) is 2. The average molecular weight is 444 g/mol. The van der Waals surface area contributed by atoms with E-state index in [2.05, 4.69) is 15.9 Å². The third kappa shape index (κ3) is 4.36. The number of hydrogen-bond donors (Lipinski definition) is 0. The van der Waals surface area contributed by atoms with Gasteiger partial charge in [0.2, 0.25) is 10.0 Å². The number of hydrogen-bond acceptors (Lipinski definition) is 4. The summed E-state index contributed by atoms with van der Waals surface area (Å²) in [5, 5.41) is 0. The predicted molar refractivity (Wildman–Crippen MR) is 100 cm³/mol. The van der Waals surface area contributed by atoms with Crippen LogP contribution in [0.1, 0.15) is 12.5 Å². The number of rotatable bonds is 6. The summed E-state index contributed by atoms with van der Waals surface area (Å²) in [7, 11) is -3.70. The van der Waals surface area contributed by atoms with Crippen LogP contribution >= 0.6 is 15.9 Å². The van der Waals surface area contributed by atoms with E-state index < -0.39 is 27.7 Å². The summed E-state index contributed by atoms with van der Waals surface area (Å²) in [5.41, 5.74) is 0.137. The zero-order valence-corrected chi connectivity index (χ0v) is 16.6. The molecule has 0 spiro atoms. The summed E-state index contributed by atoms with van der Waals surface area (Å²) in [6.45, 7) is 2.41. The van der Waals surface area contributed by atoms with Crippen LogP contribution in [0.5, 0.6) is 11.5 Å². The highest BCUT2D eigenvalue weighted by Crippen LogP contribution is 2.31. The van der Waals surface area contributed by atoms with E-state index in [0.717, 1.165) is 0 Å². The highest BCUT2D eigenvalue weighted by Gasteiger charge is 2.29. The molecule has 0 N–H and O–H groups in total. The van der Waals surface area contributed by atoms with Gasteiger partial charge in [0.15, 0.2) is 11.5 Å². The van der Waals surface area contributed by atoms with Crippen LogP contribution < -0.4 is 9.47 Å². The minimum atomic E-state index is -3.70. The maximum Gasteiger partial charge on any atom is 0.218 e. The SMILES string of the molecule is CCN(C[C@@H]1COc2ccccc2O1)S(=O)(=O)Cc1ccc(Br)cc1F. The molecule has 0 saturated carbocycles. The van der Waals surface area contributed by atoms with Crippen molar-refractivity contribution >= 4 is 26.0 Å². The van der Waals surface area contributed by atoms with Gasteiger partial charge in [0.25, 0.3) is 0 Å². The Hall–Kier alpha value is -1.64. The number of nitrogens with zero attached hydrogens (tertiary/aromatic N) is 1. The van der Waals surface area contributed by atoms with Gasteiger partial charge in [-0.2, -0.15) is 4.31 Å². The van der Waals surface area contributed by atoms with Crippen LogP contribution in [-0.4, -0.2) is 38.5 Å². The van der Waals surface area contributed by atoms with Gasteiger partial charge < -0.3 is 9.47 Å². The highest BCUT2D eigenvalue weighted by molar-refractivity contribution is 9.10. The fourth-order valence-electron chi connectivity index (χ4n) is 2.75. The summed E-state index contributed by atoms with van der Waals surface area (Å²) in [6.07, 6.45) is -0.422. The number of fused-ring (bicyclic) bond motifs is 1. The molecule has 0 aromatic heterocycles. The molecule has 1 heterocycles. The molecule has 3 rings (SSSR count). The van der Waals surface area contributed by atoms with Gasteiger partial charge in [0, 0.05) is 16.6 Å². The molecule has 8 heteroatoms. The van der Waals surface area contributed by atoms with Gasteiger partial charge in [0.05, 0.1) is 12.3 Å². The first-order valence-electron chi connectivity index (χ1n) is 8.19. The molecule has 2 aromatic carbocycles. The van der Waals surface area contributed by atoms with Crippen molar-refractivity contribution in [3.05, 3.63) is 58.3 Å². The summed E-state index contributed by atoms with van der Waals surface area (Å²) in [6, 6.07) is 11.6. The molecule has 0 radical (unpaired) electrons. The van der Waals surface area contributed by atoms with E-state index in [9.17, 15) is 12.8 Å². The van der Waals surface area contributed by atoms with Gasteiger partial charge in [-0.15, -0.1) is 0 Å². The third-order valence-corrected chi connectivity index (χ3v) is 6.44. The van der Waals surface area contributed by atoms with Gasteiger partial charge >= 0.3 is 0 Å². The van der Waals surface area contributed by atoms with E-state index in [4.69, 9.17) is 9.47 Å². The first kappa shape index (κ1) is 19.1. The number of halogens is 2. The Morgan fingerprint density at radius 2 is 1.96 bits per heavy atom. The van der Waals surface area contributed by atoms with Gasteiger partial charge in [-0.05, 0) is 24.3 Å². The van der Waals surface area contributed by atoms with Crippen LogP contribution in [0.15, 0.2) is 46.9 Å². The molecule has 0 bridgehead atoms. The van der Waals surface area contributed by atoms with Crippen molar-refractivity contribution < 1.29 is 22.3 Å². The molecule has 0 aliphatic carbocycles. The molecule has 26 heavy (non-hydrogen) atoms. The van der Waals surface area contributed by atoms with Crippen LogP contribution in [-0.2, 0) is 15.8 Å². The van der Waals surface area contributed by atoms with Crippen molar-refractivity contribution in [2.75, 3.05) is 19.7 Å². The lowest BCUT2D eigenvalue weighted by molar-refractivity contribution is 0.0771. The van der Waals surface area contributed by atoms with E-state index in [1.165, 1.54) is 16.4 Å². The number of likely N-dealkylation sites (N-methyl/N-ethyl adjacent to an activating group) is 1. The maximum atomic E-state index is 14.0. The molecule has 0 saturated heterocycles.